The number of aryl methyl sites for hydroxylation is 2. The van der Waals surface area contributed by atoms with E-state index >= 15 is 0 Å². The highest BCUT2D eigenvalue weighted by Gasteiger charge is 2.20. The molecule has 0 bridgehead atoms. The first kappa shape index (κ1) is 12.5. The highest BCUT2D eigenvalue weighted by Crippen LogP contribution is 2.24. The Hall–Kier alpha value is -0.980. The zero-order chi connectivity index (χ0) is 12.8. The molecule has 6 heteroatoms. The summed E-state index contributed by atoms with van der Waals surface area (Å²) in [6, 6.07) is 5.25. The molecule has 0 saturated carbocycles. The average Bonchev–Trinajstić information content (AvgIpc) is 2.54. The summed E-state index contributed by atoms with van der Waals surface area (Å²) in [6.07, 6.45) is 0. The van der Waals surface area contributed by atoms with Gasteiger partial charge in [0.2, 0.25) is 20.5 Å². The number of fused-ring (bicyclic) bond motifs is 1. The summed E-state index contributed by atoms with van der Waals surface area (Å²) >= 11 is 1.60. The fourth-order valence-corrected chi connectivity index (χ4v) is 3.67. The molecule has 1 aromatic carbocycles. The van der Waals surface area contributed by atoms with Gasteiger partial charge in [-0.15, -0.1) is 0 Å². The Morgan fingerprint density at radius 1 is 1.29 bits per heavy atom. The minimum Gasteiger partial charge on any atom is -0.207 e. The van der Waals surface area contributed by atoms with Crippen LogP contribution in [0.15, 0.2) is 23.1 Å². The molecular formula is C11H15N2O2S2+. The minimum atomic E-state index is -3.34. The largest absolute Gasteiger partial charge is 0.242 e. The third-order valence-electron chi connectivity index (χ3n) is 2.80. The van der Waals surface area contributed by atoms with Crippen LogP contribution >= 0.6 is 11.3 Å². The number of rotatable bonds is 2. The van der Waals surface area contributed by atoms with Crippen molar-refractivity contribution in [2.45, 2.75) is 11.8 Å². The smallest absolute Gasteiger partial charge is 0.207 e. The summed E-state index contributed by atoms with van der Waals surface area (Å²) in [5.74, 6) is 0. The summed E-state index contributed by atoms with van der Waals surface area (Å²) < 4.78 is 28.3. The van der Waals surface area contributed by atoms with Crippen molar-refractivity contribution in [3.05, 3.63) is 23.2 Å². The molecule has 1 aromatic heterocycles. The minimum absolute atomic E-state index is 0.344. The van der Waals surface area contributed by atoms with E-state index in [9.17, 15) is 8.42 Å². The molecule has 0 N–H and O–H groups in total. The van der Waals surface area contributed by atoms with Crippen molar-refractivity contribution >= 4 is 31.6 Å². The first-order valence-corrected chi connectivity index (χ1v) is 7.41. The fourth-order valence-electron chi connectivity index (χ4n) is 1.62. The van der Waals surface area contributed by atoms with Crippen LogP contribution in [0, 0.1) is 6.92 Å². The lowest BCUT2D eigenvalue weighted by Crippen LogP contribution is -2.28. The Labute approximate surface area is 105 Å². The van der Waals surface area contributed by atoms with E-state index in [1.807, 2.05) is 20.0 Å². The molecule has 1 heterocycles. The second-order valence-electron chi connectivity index (χ2n) is 4.10. The monoisotopic (exact) mass is 271 g/mol. The van der Waals surface area contributed by atoms with Gasteiger partial charge in [0, 0.05) is 27.1 Å². The van der Waals surface area contributed by atoms with E-state index in [-0.39, 0.29) is 0 Å². The molecule has 0 atom stereocenters. The van der Waals surface area contributed by atoms with Crippen molar-refractivity contribution in [3.63, 3.8) is 0 Å². The molecule has 0 unspecified atom stereocenters. The summed E-state index contributed by atoms with van der Waals surface area (Å²) in [7, 11) is 1.72. The van der Waals surface area contributed by atoms with E-state index in [0.717, 1.165) is 15.2 Å². The molecule has 0 saturated heterocycles. The van der Waals surface area contributed by atoms with Gasteiger partial charge in [-0.3, -0.25) is 0 Å². The Morgan fingerprint density at radius 3 is 2.53 bits per heavy atom. The van der Waals surface area contributed by atoms with Crippen LogP contribution in [0.25, 0.3) is 10.2 Å². The van der Waals surface area contributed by atoms with Gasteiger partial charge >= 0.3 is 0 Å². The van der Waals surface area contributed by atoms with Crippen LogP contribution in [0.2, 0.25) is 0 Å². The van der Waals surface area contributed by atoms with E-state index in [4.69, 9.17) is 0 Å². The molecule has 92 valence electrons. The van der Waals surface area contributed by atoms with Crippen LogP contribution < -0.4 is 4.57 Å². The molecule has 2 aromatic rings. The van der Waals surface area contributed by atoms with Crippen LogP contribution in [0.1, 0.15) is 5.01 Å². The first-order chi connectivity index (χ1) is 7.84. The lowest BCUT2D eigenvalue weighted by Gasteiger charge is -2.10. The number of aromatic nitrogens is 1. The number of hydrogen-bond acceptors (Lipinski definition) is 3. The lowest BCUT2D eigenvalue weighted by atomic mass is 10.3. The molecule has 0 aliphatic carbocycles. The summed E-state index contributed by atoms with van der Waals surface area (Å²) in [5.41, 5.74) is 1.06. The van der Waals surface area contributed by atoms with Gasteiger partial charge in [-0.25, -0.2) is 12.7 Å². The number of nitrogens with zero attached hydrogens (tertiary/aromatic N) is 2. The second-order valence-corrected chi connectivity index (χ2v) is 7.48. The molecule has 17 heavy (non-hydrogen) atoms. The van der Waals surface area contributed by atoms with E-state index in [1.165, 1.54) is 4.31 Å². The van der Waals surface area contributed by atoms with E-state index < -0.39 is 10.0 Å². The van der Waals surface area contributed by atoms with Gasteiger partial charge in [0.05, 0.1) is 4.90 Å². The fraction of sp³-hybridized carbons (Fsp3) is 0.364. The second kappa shape index (κ2) is 4.04. The van der Waals surface area contributed by atoms with Crippen molar-refractivity contribution in [1.29, 1.82) is 0 Å². The van der Waals surface area contributed by atoms with E-state index in [0.29, 0.717) is 4.90 Å². The molecule has 0 spiro atoms. The predicted molar refractivity (Wildman–Crippen MR) is 68.6 cm³/mol. The van der Waals surface area contributed by atoms with Crippen molar-refractivity contribution < 1.29 is 13.0 Å². The van der Waals surface area contributed by atoms with Crippen molar-refractivity contribution in [2.24, 2.45) is 7.05 Å². The van der Waals surface area contributed by atoms with Gasteiger partial charge in [0.25, 0.3) is 0 Å². The Morgan fingerprint density at radius 2 is 1.94 bits per heavy atom. The lowest BCUT2D eigenvalue weighted by molar-refractivity contribution is -0.646. The standard InChI is InChI=1S/C11H15N2O2S2/c1-8-13(4)10-6-5-9(7-11(10)16-8)17(14,15)12(2)3/h5-7H,1-4H3/q+1. The third-order valence-corrected chi connectivity index (χ3v) is 5.73. The average molecular weight is 271 g/mol. The highest BCUT2D eigenvalue weighted by atomic mass is 32.2. The SMILES string of the molecule is Cc1sc2cc(S(=O)(=O)N(C)C)ccc2[n+]1C. The number of hydrogen-bond donors (Lipinski definition) is 0. The van der Waals surface area contributed by atoms with Gasteiger partial charge in [-0.2, -0.15) is 4.57 Å². The van der Waals surface area contributed by atoms with Crippen molar-refractivity contribution in [1.82, 2.24) is 4.31 Å². The molecule has 0 radical (unpaired) electrons. The van der Waals surface area contributed by atoms with Gasteiger partial charge in [0.15, 0.2) is 0 Å². The topological polar surface area (TPSA) is 41.3 Å². The zero-order valence-corrected chi connectivity index (χ0v) is 11.9. The van der Waals surface area contributed by atoms with Gasteiger partial charge in [0.1, 0.15) is 11.7 Å². The van der Waals surface area contributed by atoms with Crippen molar-refractivity contribution in [3.8, 4) is 0 Å². The third kappa shape index (κ3) is 1.96. The molecule has 0 aliphatic rings. The van der Waals surface area contributed by atoms with Crippen LogP contribution in [-0.2, 0) is 17.1 Å². The summed E-state index contributed by atoms with van der Waals surface area (Å²) in [4.78, 5) is 0.344. The Kier molecular flexibility index (Phi) is 2.97. The maximum absolute atomic E-state index is 12.0. The van der Waals surface area contributed by atoms with Crippen LogP contribution in [0.5, 0.6) is 0 Å². The summed E-state index contributed by atoms with van der Waals surface area (Å²) in [5, 5.41) is 1.15. The highest BCUT2D eigenvalue weighted by molar-refractivity contribution is 7.89. The number of thiazole rings is 1. The maximum Gasteiger partial charge on any atom is 0.242 e. The van der Waals surface area contributed by atoms with Gasteiger partial charge in [-0.1, -0.05) is 11.3 Å². The van der Waals surface area contributed by atoms with E-state index in [2.05, 4.69) is 4.57 Å². The molecule has 0 amide bonds. The van der Waals surface area contributed by atoms with Crippen LogP contribution in [0.4, 0.5) is 0 Å². The quantitative estimate of drug-likeness (QED) is 0.772. The number of sulfonamides is 1. The molecule has 4 nitrogen and oxygen atoms in total. The normalized spacial score (nSPS) is 12.5. The van der Waals surface area contributed by atoms with Crippen LogP contribution in [-0.4, -0.2) is 26.8 Å². The van der Waals surface area contributed by atoms with Crippen molar-refractivity contribution in [2.75, 3.05) is 14.1 Å². The molecule has 0 aliphatic heterocycles. The first-order valence-electron chi connectivity index (χ1n) is 5.16. The number of benzene rings is 1. The van der Waals surface area contributed by atoms with Gasteiger partial charge < -0.3 is 0 Å². The Balaban J connectivity index is 2.68. The molecule has 2 rings (SSSR count). The van der Waals surface area contributed by atoms with Crippen LogP contribution in [0.3, 0.4) is 0 Å². The predicted octanol–water partition coefficient (Wildman–Crippen LogP) is 1.28. The Bertz CT molecular complexity index is 672. The zero-order valence-electron chi connectivity index (χ0n) is 10.3. The summed E-state index contributed by atoms with van der Waals surface area (Å²) in [6.45, 7) is 2.02. The maximum atomic E-state index is 12.0. The van der Waals surface area contributed by atoms with Gasteiger partial charge in [-0.05, 0) is 12.1 Å². The molecular weight excluding hydrogens is 256 g/mol. The molecule has 0 fully saturated rings. The van der Waals surface area contributed by atoms with E-state index in [1.54, 1.807) is 37.6 Å².